The molecule has 8 nitrogen and oxygen atoms in total. The van der Waals surface area contributed by atoms with Crippen LogP contribution in [0, 0.1) is 5.92 Å². The molecule has 3 aliphatic rings. The van der Waals surface area contributed by atoms with Gasteiger partial charge in [-0.25, -0.2) is 9.59 Å². The number of hydrogen-bond acceptors (Lipinski definition) is 8. The Morgan fingerprint density at radius 3 is 2.67 bits per heavy atom. The van der Waals surface area contributed by atoms with Crippen molar-refractivity contribution in [3.8, 4) is 0 Å². The van der Waals surface area contributed by atoms with Crippen LogP contribution in [0.4, 0.5) is 0 Å². The molecule has 0 aromatic carbocycles. The Balaban J connectivity index is 2.02. The van der Waals surface area contributed by atoms with Gasteiger partial charge in [0.1, 0.15) is 18.3 Å². The van der Waals surface area contributed by atoms with Crippen LogP contribution in [0.5, 0.6) is 0 Å². The third-order valence-electron chi connectivity index (χ3n) is 6.03. The maximum Gasteiger partial charge on any atom is 0.334 e. The topological polar surface area (TPSA) is 112 Å². The Hall–Kier alpha value is -2.45. The number of carbonyl (C=O) groups is 3. The number of esters is 3. The van der Waals surface area contributed by atoms with E-state index in [0.29, 0.717) is 24.0 Å². The molecule has 0 saturated carbocycles. The molecule has 2 heterocycles. The summed E-state index contributed by atoms with van der Waals surface area (Å²) in [6.45, 7) is 10.0. The molecule has 6 atom stereocenters. The average Bonchev–Trinajstić information content (AvgIpc) is 3.21. The van der Waals surface area contributed by atoms with E-state index in [1.165, 1.54) is 6.92 Å². The Bertz CT molecular complexity index is 825. The fourth-order valence-electron chi connectivity index (χ4n) is 4.08. The van der Waals surface area contributed by atoms with Gasteiger partial charge in [0.25, 0.3) is 0 Å². The molecule has 1 N–H and O–H groups in total. The summed E-state index contributed by atoms with van der Waals surface area (Å²) in [5.41, 5.74) is 0.396. The second-order valence-electron chi connectivity index (χ2n) is 8.19. The number of carbonyl (C=O) groups excluding carboxylic acids is 3. The minimum Gasteiger partial charge on any atom is -0.458 e. The van der Waals surface area contributed by atoms with Crippen molar-refractivity contribution >= 4 is 17.9 Å². The predicted molar refractivity (Wildman–Crippen MR) is 105 cm³/mol. The van der Waals surface area contributed by atoms with Gasteiger partial charge in [0.2, 0.25) is 0 Å². The zero-order valence-electron chi connectivity index (χ0n) is 17.7. The molecule has 3 unspecified atom stereocenters. The smallest absolute Gasteiger partial charge is 0.334 e. The number of aliphatic hydroxyl groups excluding tert-OH is 1. The summed E-state index contributed by atoms with van der Waals surface area (Å²) in [4.78, 5) is 36.4. The Morgan fingerprint density at radius 1 is 1.37 bits per heavy atom. The van der Waals surface area contributed by atoms with Gasteiger partial charge in [-0.15, -0.1) is 0 Å². The molecule has 2 fully saturated rings. The van der Waals surface area contributed by atoms with Gasteiger partial charge < -0.3 is 24.1 Å². The summed E-state index contributed by atoms with van der Waals surface area (Å²) >= 11 is 0. The van der Waals surface area contributed by atoms with Gasteiger partial charge >= 0.3 is 17.9 Å². The van der Waals surface area contributed by atoms with Crippen LogP contribution in [0.15, 0.2) is 35.5 Å². The SMILES string of the molecule is C=C1C(=O)O[C@@H]2/C=C(/CO)C(OC(C)=O)CC3O[C@]3(C)CC(OC(=O)/C(C)=C\C)[C@@H]12. The number of hydrogen-bond donors (Lipinski definition) is 1. The van der Waals surface area contributed by atoms with E-state index in [9.17, 15) is 19.5 Å². The van der Waals surface area contributed by atoms with E-state index in [2.05, 4.69) is 6.58 Å². The van der Waals surface area contributed by atoms with Crippen LogP contribution >= 0.6 is 0 Å². The molecule has 2 saturated heterocycles. The van der Waals surface area contributed by atoms with Crippen molar-refractivity contribution in [2.75, 3.05) is 6.61 Å². The third-order valence-corrected chi connectivity index (χ3v) is 6.03. The van der Waals surface area contributed by atoms with Crippen molar-refractivity contribution in [2.24, 2.45) is 5.92 Å². The van der Waals surface area contributed by atoms with Crippen LogP contribution in [-0.2, 0) is 33.3 Å². The first kappa shape index (κ1) is 22.2. The minimum absolute atomic E-state index is 0.190. The van der Waals surface area contributed by atoms with Gasteiger partial charge in [-0.2, -0.15) is 0 Å². The molecule has 2 aliphatic heterocycles. The summed E-state index contributed by atoms with van der Waals surface area (Å²) in [6, 6.07) is 0. The molecule has 164 valence electrons. The summed E-state index contributed by atoms with van der Waals surface area (Å²) in [7, 11) is 0. The lowest BCUT2D eigenvalue weighted by Gasteiger charge is -2.29. The van der Waals surface area contributed by atoms with E-state index >= 15 is 0 Å². The zero-order chi connectivity index (χ0) is 22.2. The van der Waals surface area contributed by atoms with E-state index < -0.39 is 54.3 Å². The number of fused-ring (bicyclic) bond motifs is 2. The fourth-order valence-corrected chi connectivity index (χ4v) is 4.08. The predicted octanol–water partition coefficient (Wildman–Crippen LogP) is 1.76. The fraction of sp³-hybridized carbons (Fsp3) is 0.591. The van der Waals surface area contributed by atoms with Gasteiger partial charge in [0.15, 0.2) is 0 Å². The van der Waals surface area contributed by atoms with Crippen LogP contribution in [0.3, 0.4) is 0 Å². The molecule has 0 amide bonds. The van der Waals surface area contributed by atoms with Crippen molar-refractivity contribution in [1.82, 2.24) is 0 Å². The van der Waals surface area contributed by atoms with Crippen molar-refractivity contribution in [3.05, 3.63) is 35.5 Å². The lowest BCUT2D eigenvalue weighted by atomic mass is 9.82. The number of allylic oxidation sites excluding steroid dienone is 1. The van der Waals surface area contributed by atoms with Crippen molar-refractivity contribution in [3.63, 3.8) is 0 Å². The molecular weight excluding hydrogens is 392 g/mol. The van der Waals surface area contributed by atoms with Crippen LogP contribution in [0.25, 0.3) is 0 Å². The van der Waals surface area contributed by atoms with Crippen LogP contribution in [0.2, 0.25) is 0 Å². The van der Waals surface area contributed by atoms with E-state index in [1.54, 1.807) is 26.0 Å². The van der Waals surface area contributed by atoms with Gasteiger partial charge in [-0.3, -0.25) is 4.79 Å². The molecule has 0 bridgehead atoms. The number of aliphatic hydroxyl groups is 1. The van der Waals surface area contributed by atoms with Gasteiger partial charge in [0.05, 0.1) is 24.2 Å². The van der Waals surface area contributed by atoms with Crippen LogP contribution in [0.1, 0.15) is 40.5 Å². The average molecular weight is 420 g/mol. The maximum absolute atomic E-state index is 12.5. The highest BCUT2D eigenvalue weighted by Gasteiger charge is 2.58. The Labute approximate surface area is 175 Å². The summed E-state index contributed by atoms with van der Waals surface area (Å²) < 4.78 is 22.5. The first-order valence-electron chi connectivity index (χ1n) is 9.99. The lowest BCUT2D eigenvalue weighted by molar-refractivity contribution is -0.149. The second-order valence-corrected chi connectivity index (χ2v) is 8.19. The maximum atomic E-state index is 12.5. The molecule has 30 heavy (non-hydrogen) atoms. The number of ether oxygens (including phenoxy) is 4. The molecule has 1 aliphatic carbocycles. The van der Waals surface area contributed by atoms with E-state index in [0.717, 1.165) is 0 Å². The molecule has 0 radical (unpaired) electrons. The zero-order valence-corrected chi connectivity index (χ0v) is 17.7. The highest BCUT2D eigenvalue weighted by molar-refractivity contribution is 5.92. The van der Waals surface area contributed by atoms with E-state index in [-0.39, 0.29) is 11.7 Å². The molecule has 0 spiro atoms. The first-order valence-corrected chi connectivity index (χ1v) is 9.99. The highest BCUT2D eigenvalue weighted by atomic mass is 16.6. The monoisotopic (exact) mass is 420 g/mol. The summed E-state index contributed by atoms with van der Waals surface area (Å²) in [6.07, 6.45) is 1.39. The van der Waals surface area contributed by atoms with E-state index in [4.69, 9.17) is 18.9 Å². The van der Waals surface area contributed by atoms with Crippen molar-refractivity contribution < 1.29 is 38.4 Å². The standard InChI is InChI=1S/C22H28O8/c1-6-11(2)20(25)29-17-9-22(5)18(30-22)8-15(27-13(4)24)14(10-23)7-16-19(17)12(3)21(26)28-16/h6-7,15-19,23H,3,8-10H2,1-2,4-5H3/b11-6-,14-7-/t15?,16-,17?,18?,19+,22-/m1/s1. The largest absolute Gasteiger partial charge is 0.458 e. The second kappa shape index (κ2) is 8.35. The van der Waals surface area contributed by atoms with Gasteiger partial charge in [-0.1, -0.05) is 12.7 Å². The van der Waals surface area contributed by atoms with Gasteiger partial charge in [0, 0.05) is 30.9 Å². The van der Waals surface area contributed by atoms with Crippen molar-refractivity contribution in [2.45, 2.75) is 70.6 Å². The molecular formula is C22H28O8. The lowest BCUT2D eigenvalue weighted by Crippen LogP contribution is -2.38. The number of rotatable bonds is 4. The summed E-state index contributed by atoms with van der Waals surface area (Å²) in [5, 5.41) is 9.93. The Kier molecular flexibility index (Phi) is 6.19. The molecule has 8 heteroatoms. The van der Waals surface area contributed by atoms with Crippen LogP contribution in [-0.4, -0.2) is 59.6 Å². The molecule has 0 aromatic heterocycles. The van der Waals surface area contributed by atoms with E-state index in [1.807, 2.05) is 6.92 Å². The summed E-state index contributed by atoms with van der Waals surface area (Å²) in [5.74, 6) is -2.22. The normalized spacial score (nSPS) is 37.8. The third kappa shape index (κ3) is 4.34. The van der Waals surface area contributed by atoms with Crippen molar-refractivity contribution in [1.29, 1.82) is 0 Å². The van der Waals surface area contributed by atoms with Crippen LogP contribution < -0.4 is 0 Å². The quantitative estimate of drug-likeness (QED) is 0.241. The first-order chi connectivity index (χ1) is 14.1. The molecule has 3 rings (SSSR count). The molecule has 0 aromatic rings. The van der Waals surface area contributed by atoms with Gasteiger partial charge in [-0.05, 0) is 32.4 Å². The minimum atomic E-state index is -0.812. The Morgan fingerprint density at radius 2 is 2.07 bits per heavy atom. The highest BCUT2D eigenvalue weighted by Crippen LogP contribution is 2.48. The number of epoxide rings is 1.